The topological polar surface area (TPSA) is 145 Å². The van der Waals surface area contributed by atoms with Gasteiger partial charge in [-0.25, -0.2) is 4.79 Å². The zero-order valence-corrected chi connectivity index (χ0v) is 21.1. The maximum Gasteiger partial charge on any atom is 0.329 e. The summed E-state index contributed by atoms with van der Waals surface area (Å²) < 4.78 is 15.3. The number of nitrogens with one attached hydrogen (secondary N) is 2. The summed E-state index contributed by atoms with van der Waals surface area (Å²) in [6.45, 7) is 5.45. The number of ether oxygens (including phenoxy) is 3. The molecular weight excluding hydrogens is 468 g/mol. The number of nitrogens with zero attached hydrogens (tertiary/aromatic N) is 4. The van der Waals surface area contributed by atoms with Gasteiger partial charge in [-0.3, -0.25) is 14.5 Å². The summed E-state index contributed by atoms with van der Waals surface area (Å²) in [5, 5.41) is 5.69. The van der Waals surface area contributed by atoms with E-state index in [1.807, 2.05) is 26.0 Å². The van der Waals surface area contributed by atoms with Crippen molar-refractivity contribution in [2.24, 2.45) is 5.92 Å². The largest absolute Gasteiger partial charge is 0.467 e. The number of aromatic nitrogens is 3. The predicted molar refractivity (Wildman–Crippen MR) is 131 cm³/mol. The number of hydrogen-bond donors (Lipinski definition) is 2. The van der Waals surface area contributed by atoms with Gasteiger partial charge in [0.1, 0.15) is 12.1 Å². The van der Waals surface area contributed by atoms with Crippen molar-refractivity contribution >= 4 is 29.4 Å². The number of anilines is 2. The Hall–Kier alpha value is -3.96. The first-order chi connectivity index (χ1) is 17.3. The van der Waals surface area contributed by atoms with Crippen molar-refractivity contribution in [1.29, 1.82) is 0 Å². The molecule has 1 unspecified atom stereocenters. The van der Waals surface area contributed by atoms with E-state index >= 15 is 0 Å². The predicted octanol–water partition coefficient (Wildman–Crippen LogP) is 1.35. The number of amides is 2. The lowest BCUT2D eigenvalue weighted by Gasteiger charge is -2.26. The lowest BCUT2D eigenvalue weighted by Crippen LogP contribution is -2.51. The van der Waals surface area contributed by atoms with E-state index in [4.69, 9.17) is 14.2 Å². The van der Waals surface area contributed by atoms with Gasteiger partial charge in [-0.05, 0) is 24.5 Å². The van der Waals surface area contributed by atoms with E-state index in [2.05, 4.69) is 25.6 Å². The van der Waals surface area contributed by atoms with Crippen LogP contribution in [0.3, 0.4) is 0 Å². The molecule has 2 heterocycles. The van der Waals surface area contributed by atoms with Crippen molar-refractivity contribution in [1.82, 2.24) is 20.3 Å². The van der Waals surface area contributed by atoms with Crippen LogP contribution >= 0.6 is 0 Å². The van der Waals surface area contributed by atoms with Crippen molar-refractivity contribution in [3.05, 3.63) is 29.8 Å². The van der Waals surface area contributed by atoms with Crippen LogP contribution in [-0.4, -0.2) is 72.2 Å². The molecule has 2 aromatic rings. The molecule has 0 saturated carbocycles. The first kappa shape index (κ1) is 26.6. The SMILES string of the molecule is CCOC(=O)C1Cc2ccccc2N1C(=O)CNC(=O)[C@@H](Nc1nc(OC)nc(OC)n1)[C@@H](C)CC. The summed E-state index contributed by atoms with van der Waals surface area (Å²) >= 11 is 0. The monoisotopic (exact) mass is 500 g/mol. The molecule has 0 aliphatic carbocycles. The number of benzene rings is 1. The number of carbonyl (C=O) groups is 3. The molecule has 36 heavy (non-hydrogen) atoms. The zero-order valence-electron chi connectivity index (χ0n) is 21.1. The highest BCUT2D eigenvalue weighted by Crippen LogP contribution is 2.32. The molecule has 12 heteroatoms. The molecule has 1 aliphatic rings. The molecule has 0 radical (unpaired) electrons. The van der Waals surface area contributed by atoms with Gasteiger partial charge in [-0.1, -0.05) is 38.5 Å². The van der Waals surface area contributed by atoms with Gasteiger partial charge in [0.05, 0.1) is 27.4 Å². The summed E-state index contributed by atoms with van der Waals surface area (Å²) in [5.74, 6) is -1.35. The molecule has 0 spiro atoms. The summed E-state index contributed by atoms with van der Waals surface area (Å²) in [6.07, 6.45) is 1.03. The van der Waals surface area contributed by atoms with E-state index in [1.165, 1.54) is 19.1 Å². The number of rotatable bonds is 11. The Bertz CT molecular complexity index is 1070. The van der Waals surface area contributed by atoms with Gasteiger partial charge >= 0.3 is 18.0 Å². The number of carbonyl (C=O) groups excluding carboxylic acids is 3. The van der Waals surface area contributed by atoms with Crippen LogP contribution in [0.15, 0.2) is 24.3 Å². The molecule has 3 rings (SSSR count). The van der Waals surface area contributed by atoms with Crippen molar-refractivity contribution < 1.29 is 28.6 Å². The third-order valence-corrected chi connectivity index (χ3v) is 5.96. The number of methoxy groups -OCH3 is 2. The fourth-order valence-electron chi connectivity index (χ4n) is 3.91. The fraction of sp³-hybridized carbons (Fsp3) is 0.500. The minimum atomic E-state index is -0.777. The molecule has 194 valence electrons. The first-order valence-electron chi connectivity index (χ1n) is 11.8. The maximum absolute atomic E-state index is 13.2. The smallest absolute Gasteiger partial charge is 0.329 e. The number of para-hydroxylation sites is 1. The van der Waals surface area contributed by atoms with E-state index < -0.39 is 29.9 Å². The highest BCUT2D eigenvalue weighted by Gasteiger charge is 2.39. The Morgan fingerprint density at radius 1 is 1.08 bits per heavy atom. The fourth-order valence-corrected chi connectivity index (χ4v) is 3.91. The minimum Gasteiger partial charge on any atom is -0.467 e. The highest BCUT2D eigenvalue weighted by molar-refractivity contribution is 6.04. The Labute approximate surface area is 209 Å². The molecule has 0 bridgehead atoms. The highest BCUT2D eigenvalue weighted by atomic mass is 16.5. The Kier molecular flexibility index (Phi) is 8.98. The van der Waals surface area contributed by atoms with Crippen LogP contribution in [-0.2, 0) is 25.5 Å². The van der Waals surface area contributed by atoms with Crippen LogP contribution in [0, 0.1) is 5.92 Å². The number of esters is 1. The standard InChI is InChI=1S/C24H32N6O6/c1-6-14(3)19(26-22-27-23(34-4)29-24(28-22)35-5)20(32)25-13-18(31)30-16-11-9-8-10-15(16)12-17(30)21(33)36-7-2/h8-11,14,17,19H,6-7,12-13H2,1-5H3,(H,25,32)(H,26,27,28,29)/t14-,17?,19-/m0/s1. The van der Waals surface area contributed by atoms with E-state index in [0.717, 1.165) is 5.56 Å². The second-order valence-corrected chi connectivity index (χ2v) is 8.22. The summed E-state index contributed by atoms with van der Waals surface area (Å²) in [4.78, 5) is 52.6. The molecule has 3 atom stereocenters. The Morgan fingerprint density at radius 2 is 1.75 bits per heavy atom. The quantitative estimate of drug-likeness (QED) is 0.434. The normalized spacial score (nSPS) is 15.9. The van der Waals surface area contributed by atoms with Crippen LogP contribution in [0.5, 0.6) is 12.0 Å². The average Bonchev–Trinajstić information content (AvgIpc) is 3.29. The molecule has 2 N–H and O–H groups in total. The van der Waals surface area contributed by atoms with Crippen molar-refractivity contribution in [3.8, 4) is 12.0 Å². The lowest BCUT2D eigenvalue weighted by molar-refractivity contribution is -0.145. The van der Waals surface area contributed by atoms with Gasteiger partial charge < -0.3 is 24.8 Å². The van der Waals surface area contributed by atoms with Crippen LogP contribution in [0.4, 0.5) is 11.6 Å². The van der Waals surface area contributed by atoms with Gasteiger partial charge in [-0.2, -0.15) is 9.97 Å². The van der Waals surface area contributed by atoms with E-state index in [0.29, 0.717) is 18.5 Å². The molecule has 0 saturated heterocycles. The summed E-state index contributed by atoms with van der Waals surface area (Å²) in [7, 11) is 2.81. The summed E-state index contributed by atoms with van der Waals surface area (Å²) in [6, 6.07) is 5.82. The van der Waals surface area contributed by atoms with Gasteiger partial charge in [0.15, 0.2) is 0 Å². The summed E-state index contributed by atoms with van der Waals surface area (Å²) in [5.41, 5.74) is 1.50. The second-order valence-electron chi connectivity index (χ2n) is 8.22. The third-order valence-electron chi connectivity index (χ3n) is 5.96. The van der Waals surface area contributed by atoms with Crippen LogP contribution in [0.2, 0.25) is 0 Å². The van der Waals surface area contributed by atoms with E-state index in [-0.39, 0.29) is 37.0 Å². The molecule has 1 aromatic carbocycles. The molecule has 0 fully saturated rings. The lowest BCUT2D eigenvalue weighted by atomic mass is 9.98. The van der Waals surface area contributed by atoms with Crippen molar-refractivity contribution in [2.45, 2.75) is 45.7 Å². The first-order valence-corrected chi connectivity index (χ1v) is 11.8. The third kappa shape index (κ3) is 5.99. The van der Waals surface area contributed by atoms with Crippen LogP contribution in [0.1, 0.15) is 32.8 Å². The van der Waals surface area contributed by atoms with Gasteiger partial charge in [0.2, 0.25) is 17.8 Å². The van der Waals surface area contributed by atoms with Gasteiger partial charge in [0, 0.05) is 12.1 Å². The second kappa shape index (κ2) is 12.1. The molecule has 2 amide bonds. The van der Waals surface area contributed by atoms with Gasteiger partial charge in [0.25, 0.3) is 0 Å². The molecule has 12 nitrogen and oxygen atoms in total. The van der Waals surface area contributed by atoms with Gasteiger partial charge in [-0.15, -0.1) is 4.98 Å². The number of hydrogen-bond acceptors (Lipinski definition) is 10. The average molecular weight is 501 g/mol. The van der Waals surface area contributed by atoms with E-state index in [9.17, 15) is 14.4 Å². The number of fused-ring (bicyclic) bond motifs is 1. The van der Waals surface area contributed by atoms with Crippen molar-refractivity contribution in [3.63, 3.8) is 0 Å². The zero-order chi connectivity index (χ0) is 26.2. The van der Waals surface area contributed by atoms with Crippen LogP contribution < -0.4 is 25.0 Å². The Morgan fingerprint density at radius 3 is 2.36 bits per heavy atom. The van der Waals surface area contributed by atoms with E-state index in [1.54, 1.807) is 19.1 Å². The molecule has 1 aliphatic heterocycles. The Balaban J connectivity index is 1.75. The molecule has 1 aromatic heterocycles. The van der Waals surface area contributed by atoms with Crippen LogP contribution in [0.25, 0.3) is 0 Å². The maximum atomic E-state index is 13.2. The minimum absolute atomic E-state index is 0.0283. The molecular formula is C24H32N6O6. The van der Waals surface area contributed by atoms with Crippen molar-refractivity contribution in [2.75, 3.05) is 37.6 Å².